The summed E-state index contributed by atoms with van der Waals surface area (Å²) in [6.07, 6.45) is 1.77. The van der Waals surface area contributed by atoms with E-state index in [0.717, 1.165) is 12.0 Å². The van der Waals surface area contributed by atoms with Crippen molar-refractivity contribution in [1.29, 1.82) is 0 Å². The van der Waals surface area contributed by atoms with Gasteiger partial charge in [-0.05, 0) is 38.3 Å². The number of rotatable bonds is 5. The molecule has 0 aliphatic carbocycles. The SMILES string of the molecule is CCCCCS(=O)(=O)C(=[N+]=[N-])S(=O)(=O)c1c(C)cc(C)cc1C. The van der Waals surface area contributed by atoms with Crippen molar-refractivity contribution >= 4 is 24.1 Å². The summed E-state index contributed by atoms with van der Waals surface area (Å²) in [5.74, 6) is -0.358. The van der Waals surface area contributed by atoms with Crippen LogP contribution < -0.4 is 0 Å². The summed E-state index contributed by atoms with van der Waals surface area (Å²) in [7, 11) is -8.59. The summed E-state index contributed by atoms with van der Waals surface area (Å²) in [6, 6.07) is 3.30. The predicted octanol–water partition coefficient (Wildman–Crippen LogP) is 2.58. The van der Waals surface area contributed by atoms with Crippen LogP contribution in [0, 0.1) is 20.8 Å². The molecule has 1 aromatic carbocycles. The van der Waals surface area contributed by atoms with E-state index >= 15 is 0 Å². The number of hydrogen-bond acceptors (Lipinski definition) is 4. The van der Waals surface area contributed by atoms with Crippen LogP contribution in [0.25, 0.3) is 5.53 Å². The van der Waals surface area contributed by atoms with Crippen LogP contribution in [0.3, 0.4) is 0 Å². The Bertz CT molecular complexity index is 826. The Labute approximate surface area is 138 Å². The largest absolute Gasteiger partial charge is 0.499 e. The number of unbranched alkanes of at least 4 members (excludes halogenated alkanes) is 2. The molecule has 128 valence electrons. The van der Waals surface area contributed by atoms with E-state index in [-0.39, 0.29) is 10.6 Å². The highest BCUT2D eigenvalue weighted by molar-refractivity contribution is 8.31. The molecule has 0 bridgehead atoms. The molecule has 0 N–H and O–H groups in total. The molecule has 8 heteroatoms. The quantitative estimate of drug-likeness (QED) is 0.265. The van der Waals surface area contributed by atoms with E-state index in [9.17, 15) is 16.8 Å². The first-order chi connectivity index (χ1) is 10.6. The summed E-state index contributed by atoms with van der Waals surface area (Å²) >= 11 is 0. The maximum absolute atomic E-state index is 12.7. The van der Waals surface area contributed by atoms with E-state index in [4.69, 9.17) is 5.53 Å². The third-order valence-electron chi connectivity index (χ3n) is 3.47. The Hall–Kier alpha value is -1.50. The van der Waals surface area contributed by atoms with Gasteiger partial charge in [0.25, 0.3) is 19.7 Å². The molecule has 0 saturated carbocycles. The van der Waals surface area contributed by atoms with Gasteiger partial charge in [0.1, 0.15) is 0 Å². The van der Waals surface area contributed by atoms with Crippen LogP contribution in [-0.2, 0) is 19.7 Å². The fraction of sp³-hybridized carbons (Fsp3) is 0.533. The molecule has 1 aromatic rings. The molecule has 23 heavy (non-hydrogen) atoms. The van der Waals surface area contributed by atoms with Crippen LogP contribution in [0.2, 0.25) is 0 Å². The maximum atomic E-state index is 12.7. The molecular formula is C15H22N2O4S2. The topological polar surface area (TPSA) is 105 Å². The molecule has 0 unspecified atom stereocenters. The molecule has 0 atom stereocenters. The van der Waals surface area contributed by atoms with Crippen LogP contribution in [0.15, 0.2) is 17.0 Å². The molecule has 0 aromatic heterocycles. The van der Waals surface area contributed by atoms with E-state index in [1.165, 1.54) is 0 Å². The predicted molar refractivity (Wildman–Crippen MR) is 89.8 cm³/mol. The minimum Gasteiger partial charge on any atom is -0.359 e. The molecule has 0 spiro atoms. The molecule has 0 amide bonds. The van der Waals surface area contributed by atoms with Crippen molar-refractivity contribution < 1.29 is 21.6 Å². The lowest BCUT2D eigenvalue weighted by atomic mass is 10.1. The molecule has 6 nitrogen and oxygen atoms in total. The number of nitrogens with zero attached hydrogens (tertiary/aromatic N) is 2. The molecule has 0 aliphatic heterocycles. The van der Waals surface area contributed by atoms with E-state index in [1.54, 1.807) is 26.0 Å². The first-order valence-electron chi connectivity index (χ1n) is 7.35. The summed E-state index contributed by atoms with van der Waals surface area (Å²) in [4.78, 5) is 2.52. The maximum Gasteiger partial charge on any atom is 0.499 e. The highest BCUT2D eigenvalue weighted by atomic mass is 32.3. The lowest BCUT2D eigenvalue weighted by molar-refractivity contribution is 0.00379. The van der Waals surface area contributed by atoms with Crippen molar-refractivity contribution in [3.05, 3.63) is 34.4 Å². The number of sulfone groups is 2. The minimum absolute atomic E-state index is 0.116. The Kier molecular flexibility index (Phi) is 6.27. The molecule has 0 radical (unpaired) electrons. The highest BCUT2D eigenvalue weighted by Gasteiger charge is 2.43. The van der Waals surface area contributed by atoms with Crippen molar-refractivity contribution in [2.24, 2.45) is 0 Å². The second kappa shape index (κ2) is 7.38. The van der Waals surface area contributed by atoms with E-state index in [0.29, 0.717) is 24.0 Å². The second-order valence-corrected chi connectivity index (χ2v) is 9.71. The van der Waals surface area contributed by atoms with Crippen LogP contribution in [0.4, 0.5) is 0 Å². The third-order valence-corrected chi connectivity index (χ3v) is 8.05. The number of hydrogen-bond donors (Lipinski definition) is 0. The third kappa shape index (κ3) is 4.28. The monoisotopic (exact) mass is 358 g/mol. The van der Waals surface area contributed by atoms with Gasteiger partial charge in [0.15, 0.2) is 0 Å². The molecule has 0 aliphatic rings. The Morgan fingerprint density at radius 3 is 2.00 bits per heavy atom. The zero-order valence-corrected chi connectivity index (χ0v) is 15.5. The van der Waals surface area contributed by atoms with Gasteiger partial charge in [0, 0.05) is 0 Å². The van der Waals surface area contributed by atoms with Gasteiger partial charge >= 0.3 is 4.38 Å². The van der Waals surface area contributed by atoms with Crippen molar-refractivity contribution in [1.82, 2.24) is 0 Å². The highest BCUT2D eigenvalue weighted by Crippen LogP contribution is 2.25. The van der Waals surface area contributed by atoms with Gasteiger partial charge in [-0.25, -0.2) is 16.8 Å². The molecular weight excluding hydrogens is 336 g/mol. The second-order valence-electron chi connectivity index (χ2n) is 5.62. The van der Waals surface area contributed by atoms with E-state index < -0.39 is 24.1 Å². The van der Waals surface area contributed by atoms with Gasteiger partial charge in [-0.2, -0.15) is 0 Å². The van der Waals surface area contributed by atoms with Crippen molar-refractivity contribution in [2.45, 2.75) is 51.9 Å². The van der Waals surface area contributed by atoms with E-state index in [1.807, 2.05) is 13.8 Å². The lowest BCUT2D eigenvalue weighted by Gasteiger charge is -2.09. The van der Waals surface area contributed by atoms with Gasteiger partial charge in [-0.15, -0.1) is 4.79 Å². The average Bonchev–Trinajstić information content (AvgIpc) is 2.36. The zero-order valence-electron chi connectivity index (χ0n) is 13.8. The van der Waals surface area contributed by atoms with E-state index in [2.05, 4.69) is 4.79 Å². The van der Waals surface area contributed by atoms with Gasteiger partial charge in [-0.1, -0.05) is 37.5 Å². The van der Waals surface area contributed by atoms with Crippen LogP contribution >= 0.6 is 0 Å². The number of benzene rings is 1. The van der Waals surface area contributed by atoms with Crippen LogP contribution in [0.5, 0.6) is 0 Å². The fourth-order valence-electron chi connectivity index (χ4n) is 2.59. The molecule has 0 heterocycles. The van der Waals surface area contributed by atoms with Crippen molar-refractivity contribution in [3.63, 3.8) is 0 Å². The van der Waals surface area contributed by atoms with Crippen LogP contribution in [0.1, 0.15) is 42.9 Å². The standard InChI is InChI=1S/C15H22N2O4S2/c1-5-6-7-8-22(18,19)15(17-16)23(20,21)14-12(3)9-11(2)10-13(14)4/h9-10H,5-8H2,1-4H3. The molecule has 1 rings (SSSR count). The van der Waals surface area contributed by atoms with Crippen molar-refractivity contribution in [3.8, 4) is 0 Å². The lowest BCUT2D eigenvalue weighted by Crippen LogP contribution is -2.29. The van der Waals surface area contributed by atoms with Gasteiger partial charge < -0.3 is 5.53 Å². The number of aryl methyl sites for hydroxylation is 3. The zero-order chi connectivity index (χ0) is 17.8. The van der Waals surface area contributed by atoms with Gasteiger partial charge in [0.05, 0.1) is 10.6 Å². The summed E-state index contributed by atoms with van der Waals surface area (Å²) < 4.78 is 48.8. The Morgan fingerprint density at radius 2 is 1.57 bits per heavy atom. The molecule has 0 fully saturated rings. The minimum atomic E-state index is -4.41. The first kappa shape index (κ1) is 19.5. The van der Waals surface area contributed by atoms with Gasteiger partial charge in [-0.3, -0.25) is 0 Å². The fourth-order valence-corrected chi connectivity index (χ4v) is 6.56. The summed E-state index contributed by atoms with van der Waals surface area (Å²) in [5.41, 5.74) is 10.8. The Morgan fingerprint density at radius 1 is 1.04 bits per heavy atom. The summed E-state index contributed by atoms with van der Waals surface area (Å²) in [6.45, 7) is 6.90. The molecule has 0 saturated heterocycles. The van der Waals surface area contributed by atoms with Gasteiger partial charge in [0.2, 0.25) is 0 Å². The van der Waals surface area contributed by atoms with Crippen molar-refractivity contribution in [2.75, 3.05) is 5.75 Å². The average molecular weight is 358 g/mol. The van der Waals surface area contributed by atoms with Crippen LogP contribution in [-0.4, -0.2) is 31.8 Å². The first-order valence-corrected chi connectivity index (χ1v) is 10.5. The Balaban J connectivity index is 3.45. The normalized spacial score (nSPS) is 12.0. The smallest absolute Gasteiger partial charge is 0.359 e. The summed E-state index contributed by atoms with van der Waals surface area (Å²) in [5, 5.41) is 0.